The molecule has 0 aliphatic carbocycles. The van der Waals surface area contributed by atoms with Crippen LogP contribution in [0.25, 0.3) is 0 Å². The van der Waals surface area contributed by atoms with Crippen molar-refractivity contribution < 1.29 is 9.53 Å². The average molecular weight is 357 g/mol. The van der Waals surface area contributed by atoms with Crippen molar-refractivity contribution in [3.8, 4) is 0 Å². The summed E-state index contributed by atoms with van der Waals surface area (Å²) in [7, 11) is 0. The van der Waals surface area contributed by atoms with E-state index in [1.54, 1.807) is 0 Å². The first kappa shape index (κ1) is 18.0. The van der Waals surface area contributed by atoms with Gasteiger partial charge in [-0.3, -0.25) is 9.69 Å². The summed E-state index contributed by atoms with van der Waals surface area (Å²) in [5, 5.41) is 6.84. The molecule has 4 rings (SSSR count). The number of morpholine rings is 1. The SMILES string of the molecule is Cc1ccc(CN2CCOCC2)cc1NC(=O)CC1CC2CCC(C1)N2. The van der Waals surface area contributed by atoms with Crippen molar-refractivity contribution in [3.63, 3.8) is 0 Å². The zero-order chi connectivity index (χ0) is 17.9. The van der Waals surface area contributed by atoms with Crippen LogP contribution < -0.4 is 10.6 Å². The topological polar surface area (TPSA) is 53.6 Å². The molecule has 142 valence electrons. The summed E-state index contributed by atoms with van der Waals surface area (Å²) in [5.41, 5.74) is 3.36. The van der Waals surface area contributed by atoms with Gasteiger partial charge in [-0.05, 0) is 55.7 Å². The summed E-state index contributed by atoms with van der Waals surface area (Å²) in [6.45, 7) is 6.58. The number of nitrogens with zero attached hydrogens (tertiary/aromatic N) is 1. The van der Waals surface area contributed by atoms with Crippen LogP contribution in [-0.4, -0.2) is 49.2 Å². The summed E-state index contributed by atoms with van der Waals surface area (Å²) in [4.78, 5) is 15.0. The van der Waals surface area contributed by atoms with Crippen LogP contribution in [0, 0.1) is 12.8 Å². The Hall–Kier alpha value is -1.43. The molecule has 3 saturated heterocycles. The molecule has 2 bridgehead atoms. The van der Waals surface area contributed by atoms with E-state index in [1.807, 2.05) is 0 Å². The maximum Gasteiger partial charge on any atom is 0.224 e. The minimum Gasteiger partial charge on any atom is -0.379 e. The number of piperidine rings is 1. The van der Waals surface area contributed by atoms with Crippen LogP contribution >= 0.6 is 0 Å². The van der Waals surface area contributed by atoms with Crippen LogP contribution in [0.4, 0.5) is 5.69 Å². The molecule has 1 aromatic carbocycles. The van der Waals surface area contributed by atoms with Crippen molar-refractivity contribution in [3.05, 3.63) is 29.3 Å². The second kappa shape index (κ2) is 8.07. The minimum absolute atomic E-state index is 0.169. The number of anilines is 1. The van der Waals surface area contributed by atoms with Gasteiger partial charge in [0.25, 0.3) is 0 Å². The van der Waals surface area contributed by atoms with Crippen molar-refractivity contribution in [1.29, 1.82) is 0 Å². The largest absolute Gasteiger partial charge is 0.379 e. The second-order valence-corrected chi connectivity index (χ2v) is 8.27. The first-order chi connectivity index (χ1) is 12.7. The highest BCUT2D eigenvalue weighted by Crippen LogP contribution is 2.33. The molecule has 2 unspecified atom stereocenters. The number of ether oxygens (including phenoxy) is 1. The van der Waals surface area contributed by atoms with E-state index in [4.69, 9.17) is 4.74 Å². The van der Waals surface area contributed by atoms with E-state index in [1.165, 1.54) is 18.4 Å². The van der Waals surface area contributed by atoms with Gasteiger partial charge in [0, 0.05) is 43.8 Å². The lowest BCUT2D eigenvalue weighted by molar-refractivity contribution is -0.117. The summed E-state index contributed by atoms with van der Waals surface area (Å²) < 4.78 is 5.42. The fraction of sp³-hybridized carbons (Fsp3) is 0.667. The fourth-order valence-corrected chi connectivity index (χ4v) is 4.72. The second-order valence-electron chi connectivity index (χ2n) is 8.27. The molecule has 2 atom stereocenters. The molecule has 3 heterocycles. The maximum atomic E-state index is 12.6. The third-order valence-corrected chi connectivity index (χ3v) is 6.13. The molecule has 1 amide bonds. The third-order valence-electron chi connectivity index (χ3n) is 6.13. The van der Waals surface area contributed by atoms with E-state index in [2.05, 4.69) is 40.7 Å². The van der Waals surface area contributed by atoms with Crippen LogP contribution in [0.15, 0.2) is 18.2 Å². The molecule has 26 heavy (non-hydrogen) atoms. The summed E-state index contributed by atoms with van der Waals surface area (Å²) in [6.07, 6.45) is 5.53. The van der Waals surface area contributed by atoms with Gasteiger partial charge < -0.3 is 15.4 Å². The van der Waals surface area contributed by atoms with Gasteiger partial charge in [0.05, 0.1) is 13.2 Å². The first-order valence-corrected chi connectivity index (χ1v) is 10.1. The lowest BCUT2D eigenvalue weighted by Gasteiger charge is -2.28. The predicted octanol–water partition coefficient (Wildman–Crippen LogP) is 2.69. The summed E-state index contributed by atoms with van der Waals surface area (Å²) in [5.74, 6) is 0.702. The number of nitrogens with one attached hydrogen (secondary N) is 2. The van der Waals surface area contributed by atoms with Crippen LogP contribution in [0.1, 0.15) is 43.2 Å². The van der Waals surface area contributed by atoms with Gasteiger partial charge in [0.15, 0.2) is 0 Å². The van der Waals surface area contributed by atoms with Gasteiger partial charge in [-0.25, -0.2) is 0 Å². The number of hydrogen-bond donors (Lipinski definition) is 2. The molecule has 0 spiro atoms. The van der Waals surface area contributed by atoms with Gasteiger partial charge in [-0.15, -0.1) is 0 Å². The number of carbonyl (C=O) groups is 1. The highest BCUT2D eigenvalue weighted by molar-refractivity contribution is 5.91. The maximum absolute atomic E-state index is 12.6. The smallest absolute Gasteiger partial charge is 0.224 e. The highest BCUT2D eigenvalue weighted by Gasteiger charge is 2.34. The molecule has 3 fully saturated rings. The number of carbonyl (C=O) groups excluding carboxylic acids is 1. The first-order valence-electron chi connectivity index (χ1n) is 10.1. The normalized spacial score (nSPS) is 28.9. The molecule has 2 N–H and O–H groups in total. The van der Waals surface area contributed by atoms with Crippen molar-refractivity contribution >= 4 is 11.6 Å². The van der Waals surface area contributed by atoms with Crippen molar-refractivity contribution in [1.82, 2.24) is 10.2 Å². The lowest BCUT2D eigenvalue weighted by atomic mass is 9.89. The predicted molar refractivity (Wildman–Crippen MR) is 103 cm³/mol. The molecule has 3 aliphatic rings. The van der Waals surface area contributed by atoms with E-state index in [0.717, 1.165) is 56.9 Å². The van der Waals surface area contributed by atoms with Crippen LogP contribution in [0.3, 0.4) is 0 Å². The fourth-order valence-electron chi connectivity index (χ4n) is 4.72. The van der Waals surface area contributed by atoms with Gasteiger partial charge in [0.2, 0.25) is 5.91 Å². The zero-order valence-corrected chi connectivity index (χ0v) is 15.8. The summed E-state index contributed by atoms with van der Waals surface area (Å²) in [6, 6.07) is 7.73. The Morgan fingerprint density at radius 2 is 1.96 bits per heavy atom. The Balaban J connectivity index is 1.34. The summed E-state index contributed by atoms with van der Waals surface area (Å²) >= 11 is 0. The average Bonchev–Trinajstić information content (AvgIpc) is 2.97. The van der Waals surface area contributed by atoms with Crippen LogP contribution in [-0.2, 0) is 16.1 Å². The zero-order valence-electron chi connectivity index (χ0n) is 15.8. The highest BCUT2D eigenvalue weighted by atomic mass is 16.5. The van der Waals surface area contributed by atoms with E-state index in [0.29, 0.717) is 24.4 Å². The van der Waals surface area contributed by atoms with Gasteiger partial charge in [-0.1, -0.05) is 12.1 Å². The van der Waals surface area contributed by atoms with E-state index in [-0.39, 0.29) is 5.91 Å². The van der Waals surface area contributed by atoms with Crippen molar-refractivity contribution in [2.24, 2.45) is 5.92 Å². The molecule has 3 aliphatic heterocycles. The van der Waals surface area contributed by atoms with Crippen LogP contribution in [0.2, 0.25) is 0 Å². The molecule has 1 aromatic rings. The minimum atomic E-state index is 0.169. The molecule has 5 nitrogen and oxygen atoms in total. The number of aryl methyl sites for hydroxylation is 1. The number of rotatable bonds is 5. The Morgan fingerprint density at radius 3 is 2.69 bits per heavy atom. The monoisotopic (exact) mass is 357 g/mol. The van der Waals surface area contributed by atoms with E-state index in [9.17, 15) is 4.79 Å². The Bertz CT molecular complexity index is 630. The van der Waals surface area contributed by atoms with E-state index < -0.39 is 0 Å². The quantitative estimate of drug-likeness (QED) is 0.851. The van der Waals surface area contributed by atoms with Crippen molar-refractivity contribution in [2.75, 3.05) is 31.6 Å². The number of benzene rings is 1. The third kappa shape index (κ3) is 4.45. The standard InChI is InChI=1S/C21H31N3O2/c1-15-2-3-16(14-24-6-8-26-9-7-24)12-20(15)23-21(25)13-17-10-18-4-5-19(11-17)22-18/h2-3,12,17-19,22H,4-11,13-14H2,1H3,(H,23,25). The molecule has 0 radical (unpaired) electrons. The Morgan fingerprint density at radius 1 is 1.23 bits per heavy atom. The molecular weight excluding hydrogens is 326 g/mol. The lowest BCUT2D eigenvalue weighted by Crippen LogP contribution is -2.39. The van der Waals surface area contributed by atoms with Gasteiger partial charge >= 0.3 is 0 Å². The molecule has 0 saturated carbocycles. The van der Waals surface area contributed by atoms with Gasteiger partial charge in [-0.2, -0.15) is 0 Å². The molecule has 5 heteroatoms. The van der Waals surface area contributed by atoms with Gasteiger partial charge in [0.1, 0.15) is 0 Å². The Labute approximate surface area is 156 Å². The number of amides is 1. The Kier molecular flexibility index (Phi) is 5.57. The van der Waals surface area contributed by atoms with Crippen LogP contribution in [0.5, 0.6) is 0 Å². The molecular formula is C21H31N3O2. The molecule has 0 aromatic heterocycles. The number of fused-ring (bicyclic) bond motifs is 2. The van der Waals surface area contributed by atoms with Crippen molar-refractivity contribution in [2.45, 2.75) is 57.7 Å². The number of hydrogen-bond acceptors (Lipinski definition) is 4. The van der Waals surface area contributed by atoms with E-state index >= 15 is 0 Å².